The molecule has 0 aliphatic carbocycles. The molecule has 0 aliphatic heterocycles. The summed E-state index contributed by atoms with van der Waals surface area (Å²) in [5.74, 6) is -2.59. The smallest absolute Gasteiger partial charge is 0.411 e. The summed E-state index contributed by atoms with van der Waals surface area (Å²) in [6, 6.07) is 0. The van der Waals surface area contributed by atoms with E-state index in [4.69, 9.17) is 10.2 Å². The van der Waals surface area contributed by atoms with Crippen LogP contribution < -0.4 is 0 Å². The minimum Gasteiger partial charge on any atom is -0.480 e. The summed E-state index contributed by atoms with van der Waals surface area (Å²) in [4.78, 5) is 32.5. The third-order valence-corrected chi connectivity index (χ3v) is 1.25. The third-order valence-electron chi connectivity index (χ3n) is 1.25. The van der Waals surface area contributed by atoms with E-state index in [2.05, 4.69) is 4.74 Å². The highest BCUT2D eigenvalue weighted by molar-refractivity contribution is 5.81. The van der Waals surface area contributed by atoms with E-state index in [0.717, 1.165) is 0 Å². The number of aliphatic carboxylic acids is 2. The van der Waals surface area contributed by atoms with Crippen molar-refractivity contribution in [2.75, 3.05) is 13.1 Å². The Morgan fingerprint density at radius 2 is 1.53 bits per heavy atom. The second kappa shape index (κ2) is 5.84. The van der Waals surface area contributed by atoms with E-state index in [-0.39, 0.29) is 0 Å². The number of amides is 1. The van der Waals surface area contributed by atoms with Gasteiger partial charge in [0.1, 0.15) is 13.1 Å². The molecule has 2 N–H and O–H groups in total. The van der Waals surface area contributed by atoms with Gasteiger partial charge in [0.15, 0.2) is 0 Å². The van der Waals surface area contributed by atoms with Crippen molar-refractivity contribution < 1.29 is 29.3 Å². The Balaban J connectivity index is 4.40. The number of carbonyl (C=O) groups excluding carboxylic acids is 1. The Kier molecular flexibility index (Phi) is 5.14. The molecule has 15 heavy (non-hydrogen) atoms. The Hall–Kier alpha value is -1.79. The molecule has 0 aromatic carbocycles. The lowest BCUT2D eigenvalue weighted by Gasteiger charge is -2.19. The van der Waals surface area contributed by atoms with Crippen molar-refractivity contribution in [1.29, 1.82) is 0 Å². The molecule has 0 aliphatic rings. The topological polar surface area (TPSA) is 104 Å². The van der Waals surface area contributed by atoms with Gasteiger partial charge in [-0.25, -0.2) is 4.79 Å². The molecule has 0 heterocycles. The summed E-state index contributed by atoms with van der Waals surface area (Å²) in [7, 11) is 0. The lowest BCUT2D eigenvalue weighted by atomic mass is 10.4. The van der Waals surface area contributed by atoms with Crippen LogP contribution in [0.25, 0.3) is 0 Å². The van der Waals surface area contributed by atoms with Gasteiger partial charge in [-0.05, 0) is 13.8 Å². The molecule has 0 spiro atoms. The fourth-order valence-electron chi connectivity index (χ4n) is 0.788. The predicted molar refractivity (Wildman–Crippen MR) is 48.5 cm³/mol. The van der Waals surface area contributed by atoms with Gasteiger partial charge in [-0.15, -0.1) is 0 Å². The first kappa shape index (κ1) is 13.2. The van der Waals surface area contributed by atoms with Crippen molar-refractivity contribution in [3.63, 3.8) is 0 Å². The summed E-state index contributed by atoms with van der Waals surface area (Å²) in [5.41, 5.74) is 0. The lowest BCUT2D eigenvalue weighted by molar-refractivity contribution is -0.141. The van der Waals surface area contributed by atoms with E-state index in [9.17, 15) is 14.4 Å². The van der Waals surface area contributed by atoms with Gasteiger partial charge in [0.25, 0.3) is 0 Å². The Morgan fingerprint density at radius 1 is 1.13 bits per heavy atom. The number of carboxylic acid groups (broad SMARTS) is 2. The molecule has 86 valence electrons. The minimum absolute atomic E-state index is 0.428. The molecule has 7 heteroatoms. The van der Waals surface area contributed by atoms with Crippen LogP contribution >= 0.6 is 0 Å². The van der Waals surface area contributed by atoms with Crippen LogP contribution in [0.1, 0.15) is 13.8 Å². The number of carbonyl (C=O) groups is 3. The van der Waals surface area contributed by atoms with Gasteiger partial charge in [0.05, 0.1) is 6.10 Å². The molecule has 0 aromatic heterocycles. The van der Waals surface area contributed by atoms with Crippen LogP contribution in [-0.2, 0) is 14.3 Å². The average molecular weight is 219 g/mol. The van der Waals surface area contributed by atoms with Crippen LogP contribution in [0, 0.1) is 0 Å². The van der Waals surface area contributed by atoms with Crippen LogP contribution in [0.5, 0.6) is 0 Å². The molecule has 7 nitrogen and oxygen atoms in total. The van der Waals surface area contributed by atoms with Crippen molar-refractivity contribution in [2.45, 2.75) is 20.0 Å². The second-order valence-electron chi connectivity index (χ2n) is 3.08. The zero-order valence-electron chi connectivity index (χ0n) is 8.47. The van der Waals surface area contributed by atoms with Gasteiger partial charge in [0, 0.05) is 0 Å². The van der Waals surface area contributed by atoms with Gasteiger partial charge >= 0.3 is 18.0 Å². The van der Waals surface area contributed by atoms with Crippen LogP contribution in [-0.4, -0.2) is 52.3 Å². The first-order chi connectivity index (χ1) is 6.82. The maximum atomic E-state index is 11.2. The molecule has 0 aromatic rings. The lowest BCUT2D eigenvalue weighted by Crippen LogP contribution is -2.40. The molecule has 0 atom stereocenters. The summed E-state index contributed by atoms with van der Waals surface area (Å²) in [6.45, 7) is 1.77. The third kappa shape index (κ3) is 6.30. The Bertz CT molecular complexity index is 246. The van der Waals surface area contributed by atoms with Crippen molar-refractivity contribution >= 4 is 18.0 Å². The monoisotopic (exact) mass is 219 g/mol. The largest absolute Gasteiger partial charge is 0.480 e. The fourth-order valence-corrected chi connectivity index (χ4v) is 0.788. The first-order valence-electron chi connectivity index (χ1n) is 4.22. The van der Waals surface area contributed by atoms with E-state index in [1.165, 1.54) is 0 Å². The summed E-state index contributed by atoms with van der Waals surface area (Å²) < 4.78 is 4.67. The zero-order chi connectivity index (χ0) is 12.0. The molecular formula is C8H13NO6. The minimum atomic E-state index is -1.29. The van der Waals surface area contributed by atoms with Crippen LogP contribution in [0.15, 0.2) is 0 Å². The van der Waals surface area contributed by atoms with Crippen LogP contribution in [0.2, 0.25) is 0 Å². The second-order valence-corrected chi connectivity index (χ2v) is 3.08. The number of nitrogens with zero attached hydrogens (tertiary/aromatic N) is 1. The molecule has 0 saturated carbocycles. The van der Waals surface area contributed by atoms with Gasteiger partial charge < -0.3 is 14.9 Å². The number of rotatable bonds is 5. The zero-order valence-corrected chi connectivity index (χ0v) is 8.47. The van der Waals surface area contributed by atoms with Gasteiger partial charge in [-0.1, -0.05) is 0 Å². The van der Waals surface area contributed by atoms with E-state index < -0.39 is 37.2 Å². The maximum Gasteiger partial charge on any atom is 0.411 e. The first-order valence-corrected chi connectivity index (χ1v) is 4.22. The van der Waals surface area contributed by atoms with Crippen molar-refractivity contribution in [2.24, 2.45) is 0 Å². The maximum absolute atomic E-state index is 11.2. The number of ether oxygens (including phenoxy) is 1. The standard InChI is InChI=1S/C8H13NO6/c1-5(2)15-8(14)9(3-6(10)11)4-7(12)13/h5H,3-4H2,1-2H3,(H,10,11)(H,12,13). The van der Waals surface area contributed by atoms with Crippen molar-refractivity contribution in [3.8, 4) is 0 Å². The molecule has 0 rings (SSSR count). The fraction of sp³-hybridized carbons (Fsp3) is 0.625. The molecule has 0 radical (unpaired) electrons. The number of hydrogen-bond acceptors (Lipinski definition) is 4. The molecular weight excluding hydrogens is 206 g/mol. The number of carboxylic acids is 2. The molecule has 0 unspecified atom stereocenters. The Labute approximate surface area is 86.2 Å². The molecule has 0 fully saturated rings. The van der Waals surface area contributed by atoms with Gasteiger partial charge in [-0.3, -0.25) is 14.5 Å². The van der Waals surface area contributed by atoms with Crippen LogP contribution in [0.4, 0.5) is 4.79 Å². The van der Waals surface area contributed by atoms with Crippen LogP contribution in [0.3, 0.4) is 0 Å². The molecule has 0 bridgehead atoms. The highest BCUT2D eigenvalue weighted by atomic mass is 16.6. The molecule has 0 saturated heterocycles. The summed E-state index contributed by atoms with van der Waals surface area (Å²) in [5, 5.41) is 16.9. The van der Waals surface area contributed by atoms with E-state index in [0.29, 0.717) is 4.90 Å². The summed E-state index contributed by atoms with van der Waals surface area (Å²) >= 11 is 0. The van der Waals surface area contributed by atoms with Crippen molar-refractivity contribution in [1.82, 2.24) is 4.90 Å². The van der Waals surface area contributed by atoms with E-state index in [1.807, 2.05) is 0 Å². The van der Waals surface area contributed by atoms with Gasteiger partial charge in [0.2, 0.25) is 0 Å². The predicted octanol–water partition coefficient (Wildman–Crippen LogP) is 0.00260. The van der Waals surface area contributed by atoms with Gasteiger partial charge in [-0.2, -0.15) is 0 Å². The normalized spacial score (nSPS) is 9.80. The summed E-state index contributed by atoms with van der Waals surface area (Å²) in [6.07, 6.45) is -1.38. The Morgan fingerprint density at radius 3 is 1.80 bits per heavy atom. The highest BCUT2D eigenvalue weighted by Crippen LogP contribution is 1.98. The molecule has 1 amide bonds. The average Bonchev–Trinajstić information content (AvgIpc) is 1.99. The van der Waals surface area contributed by atoms with E-state index >= 15 is 0 Å². The highest BCUT2D eigenvalue weighted by Gasteiger charge is 2.21. The number of hydrogen-bond donors (Lipinski definition) is 2. The van der Waals surface area contributed by atoms with Crippen molar-refractivity contribution in [3.05, 3.63) is 0 Å². The SMILES string of the molecule is CC(C)OC(=O)N(CC(=O)O)CC(=O)O. The van der Waals surface area contributed by atoms with E-state index in [1.54, 1.807) is 13.8 Å². The quantitative estimate of drug-likeness (QED) is 0.674.